The molecule has 3 N–H and O–H groups in total. The SMILES string of the molecule is [B-][N+]12CCC(CC1)C(O)(CNC(=S)Nc1nc3ccc(OCC)cc3s1)C2. The molecule has 27 heavy (non-hydrogen) atoms. The summed E-state index contributed by atoms with van der Waals surface area (Å²) < 4.78 is 7.04. The summed E-state index contributed by atoms with van der Waals surface area (Å²) in [5.41, 5.74) is 0.0936. The van der Waals surface area contributed by atoms with Crippen molar-refractivity contribution in [2.24, 2.45) is 5.92 Å². The minimum absolute atomic E-state index is 0.288. The van der Waals surface area contributed by atoms with Gasteiger partial charge in [0.25, 0.3) is 0 Å². The van der Waals surface area contributed by atoms with Gasteiger partial charge >= 0.3 is 0 Å². The van der Waals surface area contributed by atoms with Crippen LogP contribution in [0.15, 0.2) is 18.2 Å². The van der Waals surface area contributed by atoms with Crippen LogP contribution in [0.25, 0.3) is 10.2 Å². The van der Waals surface area contributed by atoms with Gasteiger partial charge in [0.05, 0.1) is 29.9 Å². The fourth-order valence-corrected chi connectivity index (χ4v) is 5.37. The molecule has 143 valence electrons. The lowest BCUT2D eigenvalue weighted by atomic mass is 9.72. The zero-order valence-electron chi connectivity index (χ0n) is 15.4. The molecule has 3 aliphatic heterocycles. The molecule has 3 saturated heterocycles. The van der Waals surface area contributed by atoms with E-state index in [4.69, 9.17) is 24.9 Å². The predicted molar refractivity (Wildman–Crippen MR) is 113 cm³/mol. The van der Waals surface area contributed by atoms with E-state index in [-0.39, 0.29) is 5.92 Å². The lowest BCUT2D eigenvalue weighted by Gasteiger charge is -2.64. The molecule has 4 heterocycles. The third-order valence-electron chi connectivity index (χ3n) is 5.64. The summed E-state index contributed by atoms with van der Waals surface area (Å²) in [6.07, 6.45) is 1.93. The first-order chi connectivity index (χ1) is 12.9. The molecule has 2 aromatic rings. The molecule has 1 aromatic heterocycles. The van der Waals surface area contributed by atoms with Gasteiger partial charge in [-0.25, -0.2) is 13.0 Å². The molecular weight excluding hydrogens is 379 g/mol. The molecule has 2 bridgehead atoms. The van der Waals surface area contributed by atoms with Crippen LogP contribution in [0, 0.1) is 5.92 Å². The number of ether oxygens (including phenoxy) is 1. The highest BCUT2D eigenvalue weighted by Gasteiger charge is 2.48. The second-order valence-electron chi connectivity index (χ2n) is 7.59. The highest BCUT2D eigenvalue weighted by atomic mass is 32.1. The number of piperidine rings is 3. The first-order valence-electron chi connectivity index (χ1n) is 9.34. The lowest BCUT2D eigenvalue weighted by molar-refractivity contribution is -0.846. The summed E-state index contributed by atoms with van der Waals surface area (Å²) in [7, 11) is 6.36. The predicted octanol–water partition coefficient (Wildman–Crippen LogP) is 2.04. The normalized spacial score (nSPS) is 29.7. The standard InChI is InChI=1S/C18H23BN4O2S2/c1-2-25-13-3-4-14-15(9-13)27-17(21-14)22-16(26)20-10-18(24)11-23(19)7-5-12(18)6-8-23/h3-4,9,12,24H,2,5-8,10-11H2,1H3,(H-,20,21,22,26)/q-1/p+1. The van der Waals surface area contributed by atoms with Crippen LogP contribution in [-0.2, 0) is 0 Å². The van der Waals surface area contributed by atoms with Gasteiger partial charge in [-0.05, 0) is 50.2 Å². The van der Waals surface area contributed by atoms with Crippen molar-refractivity contribution in [3.05, 3.63) is 18.2 Å². The molecule has 3 aliphatic rings. The van der Waals surface area contributed by atoms with Gasteiger partial charge in [-0.2, -0.15) is 0 Å². The summed E-state index contributed by atoms with van der Waals surface area (Å²) >= 11 is 6.93. The molecule has 1 aromatic carbocycles. The number of thiocarbonyl (C=S) groups is 1. The van der Waals surface area contributed by atoms with Crippen LogP contribution >= 0.6 is 23.6 Å². The Labute approximate surface area is 169 Å². The highest BCUT2D eigenvalue weighted by molar-refractivity contribution is 7.80. The zero-order chi connectivity index (χ0) is 19.1. The van der Waals surface area contributed by atoms with Crippen molar-refractivity contribution in [2.45, 2.75) is 25.4 Å². The maximum atomic E-state index is 11.1. The van der Waals surface area contributed by atoms with Crippen molar-refractivity contribution in [2.75, 3.05) is 38.1 Å². The van der Waals surface area contributed by atoms with Gasteiger partial charge in [0.2, 0.25) is 0 Å². The van der Waals surface area contributed by atoms with Crippen LogP contribution in [0.5, 0.6) is 5.75 Å². The average Bonchev–Trinajstić information content (AvgIpc) is 3.02. The van der Waals surface area contributed by atoms with E-state index in [2.05, 4.69) is 15.6 Å². The molecule has 6 nitrogen and oxygen atoms in total. The van der Waals surface area contributed by atoms with E-state index < -0.39 is 5.60 Å². The number of anilines is 1. The van der Waals surface area contributed by atoms with Crippen molar-refractivity contribution in [1.29, 1.82) is 0 Å². The maximum Gasteiger partial charge on any atom is 0.190 e. The lowest BCUT2D eigenvalue weighted by Crippen LogP contribution is -2.70. The van der Waals surface area contributed by atoms with E-state index in [0.717, 1.165) is 47.0 Å². The maximum absolute atomic E-state index is 11.1. The largest absolute Gasteiger partial charge is 0.586 e. The number of aromatic nitrogens is 1. The molecule has 0 amide bonds. The van der Waals surface area contributed by atoms with Crippen LogP contribution in [0.2, 0.25) is 0 Å². The van der Waals surface area contributed by atoms with Gasteiger partial charge in [-0.15, -0.1) is 0 Å². The summed E-state index contributed by atoms with van der Waals surface area (Å²) in [5, 5.41) is 18.6. The van der Waals surface area contributed by atoms with E-state index in [1.807, 2.05) is 25.1 Å². The molecule has 1 unspecified atom stereocenters. The van der Waals surface area contributed by atoms with E-state index in [1.165, 1.54) is 11.3 Å². The summed E-state index contributed by atoms with van der Waals surface area (Å²) in [6.45, 7) is 5.48. The van der Waals surface area contributed by atoms with Crippen LogP contribution in [0.4, 0.5) is 5.13 Å². The quantitative estimate of drug-likeness (QED) is 0.525. The molecule has 0 aliphatic carbocycles. The van der Waals surface area contributed by atoms with E-state index in [9.17, 15) is 5.11 Å². The molecule has 0 saturated carbocycles. The van der Waals surface area contributed by atoms with Crippen LogP contribution in [-0.4, -0.2) is 66.0 Å². The average molecular weight is 403 g/mol. The van der Waals surface area contributed by atoms with Crippen LogP contribution in [0.3, 0.4) is 0 Å². The second-order valence-corrected chi connectivity index (χ2v) is 9.03. The van der Waals surface area contributed by atoms with Crippen molar-refractivity contribution in [3.63, 3.8) is 0 Å². The van der Waals surface area contributed by atoms with Gasteiger partial charge in [0, 0.05) is 19.0 Å². The fraction of sp³-hybridized carbons (Fsp3) is 0.556. The smallest absolute Gasteiger partial charge is 0.190 e. The number of aliphatic hydroxyl groups is 1. The number of nitrogens with one attached hydrogen (secondary N) is 2. The number of hydrogen-bond donors (Lipinski definition) is 3. The topological polar surface area (TPSA) is 66.4 Å². The van der Waals surface area contributed by atoms with Gasteiger partial charge in [0.15, 0.2) is 10.2 Å². The van der Waals surface area contributed by atoms with Gasteiger partial charge in [-0.3, -0.25) is 0 Å². The highest BCUT2D eigenvalue weighted by Crippen LogP contribution is 2.38. The van der Waals surface area contributed by atoms with Crippen molar-refractivity contribution in [3.8, 4) is 5.75 Å². The molecule has 5 rings (SSSR count). The second kappa shape index (κ2) is 7.20. The number of nitrogens with zero attached hydrogens (tertiary/aromatic N) is 2. The minimum Gasteiger partial charge on any atom is -0.586 e. The molecule has 9 heteroatoms. The Bertz CT molecular complexity index is 853. The van der Waals surface area contributed by atoms with Crippen molar-refractivity contribution >= 4 is 52.0 Å². The van der Waals surface area contributed by atoms with Crippen LogP contribution < -0.4 is 15.4 Å². The monoisotopic (exact) mass is 403 g/mol. The Morgan fingerprint density at radius 3 is 2.96 bits per heavy atom. The summed E-state index contributed by atoms with van der Waals surface area (Å²) in [6, 6.07) is 5.84. The molecule has 3 fully saturated rings. The zero-order valence-corrected chi connectivity index (χ0v) is 17.0. The van der Waals surface area contributed by atoms with Crippen molar-refractivity contribution in [1.82, 2.24) is 10.3 Å². The van der Waals surface area contributed by atoms with Crippen LogP contribution in [0.1, 0.15) is 19.8 Å². The van der Waals surface area contributed by atoms with Gasteiger partial charge < -0.3 is 24.9 Å². The fourth-order valence-electron chi connectivity index (χ4n) is 4.24. The Morgan fingerprint density at radius 1 is 1.48 bits per heavy atom. The van der Waals surface area contributed by atoms with Crippen molar-refractivity contribution < 1.29 is 14.2 Å². The number of benzene rings is 1. The molecular formula is C18H24BN4O2S2. The Balaban J connectivity index is 1.37. The summed E-state index contributed by atoms with van der Waals surface area (Å²) in [5.74, 6) is 1.13. The van der Waals surface area contributed by atoms with E-state index in [1.54, 1.807) is 0 Å². The van der Waals surface area contributed by atoms with Gasteiger partial charge in [-0.1, -0.05) is 11.3 Å². The Morgan fingerprint density at radius 2 is 2.26 bits per heavy atom. The number of rotatable bonds is 5. The van der Waals surface area contributed by atoms with Gasteiger partial charge in [0.1, 0.15) is 11.4 Å². The van der Waals surface area contributed by atoms with E-state index in [0.29, 0.717) is 29.2 Å². The summed E-state index contributed by atoms with van der Waals surface area (Å²) in [4.78, 5) is 4.55. The first kappa shape index (κ1) is 18.9. The molecule has 3 radical (unpaired) electrons. The number of hydrogen-bond acceptors (Lipinski definition) is 5. The number of thiazole rings is 1. The molecule has 1 atom stereocenters. The third-order valence-corrected chi connectivity index (χ3v) is 6.82. The minimum atomic E-state index is -0.809. The number of fused-ring (bicyclic) bond motifs is 4. The van der Waals surface area contributed by atoms with E-state index >= 15 is 0 Å². The Kier molecular flexibility index (Phi) is 5.05. The first-order valence-corrected chi connectivity index (χ1v) is 10.6. The third kappa shape index (κ3) is 3.92. The molecule has 0 spiro atoms. The Hall–Kier alpha value is -1.42. The number of quaternary nitrogens is 1.